The van der Waals surface area contributed by atoms with E-state index in [1.165, 1.54) is 17.0 Å². The van der Waals surface area contributed by atoms with Gasteiger partial charge in [0.1, 0.15) is 17.3 Å². The maximum absolute atomic E-state index is 15.5. The molecule has 0 saturated carbocycles. The van der Waals surface area contributed by atoms with Crippen molar-refractivity contribution >= 4 is 40.5 Å². The van der Waals surface area contributed by atoms with E-state index in [0.29, 0.717) is 30.8 Å². The van der Waals surface area contributed by atoms with Crippen LogP contribution in [0, 0.1) is 17.5 Å². The molecule has 2 aliphatic rings. The molecule has 1 unspecified atom stereocenters. The third kappa shape index (κ3) is 4.96. The first-order valence-corrected chi connectivity index (χ1v) is 12.4. The lowest BCUT2D eigenvalue weighted by Crippen LogP contribution is -2.41. The Balaban J connectivity index is 1.51. The number of nitrogens with zero attached hydrogens (tertiary/aromatic N) is 3. The van der Waals surface area contributed by atoms with E-state index in [4.69, 9.17) is 16.3 Å². The van der Waals surface area contributed by atoms with Gasteiger partial charge in [-0.15, -0.1) is 0 Å². The van der Waals surface area contributed by atoms with Gasteiger partial charge in [-0.3, -0.25) is 9.80 Å². The fourth-order valence-corrected chi connectivity index (χ4v) is 4.80. The molecule has 3 heterocycles. The second-order valence-electron chi connectivity index (χ2n) is 8.78. The molecule has 0 spiro atoms. The van der Waals surface area contributed by atoms with Crippen LogP contribution in [0.25, 0.3) is 11.1 Å². The van der Waals surface area contributed by atoms with Crippen LogP contribution in [0.3, 0.4) is 0 Å². The summed E-state index contributed by atoms with van der Waals surface area (Å²) in [6.45, 7) is 4.21. The van der Waals surface area contributed by atoms with Crippen LogP contribution in [0.1, 0.15) is 13.3 Å². The highest BCUT2D eigenvalue weighted by molar-refractivity contribution is 6.31. The number of pyridine rings is 1. The van der Waals surface area contributed by atoms with Gasteiger partial charge in [-0.25, -0.2) is 22.9 Å². The largest absolute Gasteiger partial charge is 0.384 e. The second-order valence-corrected chi connectivity index (χ2v) is 9.21. The van der Waals surface area contributed by atoms with E-state index < -0.39 is 29.2 Å². The number of fused-ring (bicyclic) bond motifs is 3. The van der Waals surface area contributed by atoms with Crippen LogP contribution < -0.4 is 20.4 Å². The highest BCUT2D eigenvalue weighted by Gasteiger charge is 2.36. The van der Waals surface area contributed by atoms with E-state index in [9.17, 15) is 9.18 Å². The zero-order valence-electron chi connectivity index (χ0n) is 20.0. The first-order valence-electron chi connectivity index (χ1n) is 12.0. The number of carbonyl (C=O) groups is 1. The molecule has 7 nitrogen and oxygen atoms in total. The Labute approximate surface area is 217 Å². The third-order valence-electron chi connectivity index (χ3n) is 6.38. The summed E-state index contributed by atoms with van der Waals surface area (Å²) in [5, 5.41) is 6.56. The molecule has 0 bridgehead atoms. The number of hydrogen-bond donors (Lipinski definition) is 2. The molecule has 2 N–H and O–H groups in total. The summed E-state index contributed by atoms with van der Waals surface area (Å²) in [6.07, 6.45) is 1.92. The Morgan fingerprint density at radius 3 is 2.59 bits per heavy atom. The Morgan fingerprint density at radius 1 is 1.11 bits per heavy atom. The number of aromatic nitrogens is 1. The van der Waals surface area contributed by atoms with Gasteiger partial charge in [0, 0.05) is 54.1 Å². The number of rotatable bonds is 7. The standard InChI is InChI=1S/C26H25ClF3N5O2/c1-2-34-25-20(10-16(28)13-33-25)19-4-3-15(27)9-23(19)35(26(34)36)24-21(29)11-18(12-22(24)30)32-7-6-31-17-5-8-37-14-17/h3-4,9-13,17,31-32H,2,5-8,14H2,1H3. The quantitative estimate of drug-likeness (QED) is 0.382. The molecular formula is C26H25ClF3N5O2. The SMILES string of the molecule is CCN1C(=O)N(c2c(F)cc(NCCNC3CCOC3)cc2F)c2cc(Cl)ccc2-c2cc(F)cnc21. The number of carbonyl (C=O) groups excluding carboxylic acids is 1. The highest BCUT2D eigenvalue weighted by Crippen LogP contribution is 2.45. The molecule has 0 aliphatic carbocycles. The number of nitrogens with one attached hydrogen (secondary N) is 2. The van der Waals surface area contributed by atoms with Crippen molar-refractivity contribution in [3.8, 4) is 11.1 Å². The summed E-state index contributed by atoms with van der Waals surface area (Å²) in [5.41, 5.74) is 0.453. The Bertz CT molecular complexity index is 1310. The van der Waals surface area contributed by atoms with Gasteiger partial charge in [-0.1, -0.05) is 17.7 Å². The van der Waals surface area contributed by atoms with Gasteiger partial charge in [0.05, 0.1) is 18.5 Å². The van der Waals surface area contributed by atoms with Crippen molar-refractivity contribution < 1.29 is 22.7 Å². The van der Waals surface area contributed by atoms with Crippen molar-refractivity contribution in [1.29, 1.82) is 0 Å². The topological polar surface area (TPSA) is 69.7 Å². The minimum absolute atomic E-state index is 0.114. The van der Waals surface area contributed by atoms with E-state index in [-0.39, 0.29) is 34.8 Å². The van der Waals surface area contributed by atoms with Crippen LogP contribution >= 0.6 is 11.6 Å². The van der Waals surface area contributed by atoms with Gasteiger partial charge in [0.25, 0.3) is 0 Å². The number of benzene rings is 2. The lowest BCUT2D eigenvalue weighted by Gasteiger charge is -2.28. The van der Waals surface area contributed by atoms with Gasteiger partial charge < -0.3 is 15.4 Å². The first-order chi connectivity index (χ1) is 17.9. The second kappa shape index (κ2) is 10.6. The minimum Gasteiger partial charge on any atom is -0.384 e. The van der Waals surface area contributed by atoms with Crippen LogP contribution in [0.15, 0.2) is 42.6 Å². The van der Waals surface area contributed by atoms with Gasteiger partial charge in [-0.05, 0) is 43.7 Å². The van der Waals surface area contributed by atoms with Gasteiger partial charge in [0.15, 0.2) is 11.6 Å². The van der Waals surface area contributed by atoms with Crippen molar-refractivity contribution in [3.05, 3.63) is 65.1 Å². The summed E-state index contributed by atoms with van der Waals surface area (Å²) in [5.74, 6) is -2.32. The number of halogens is 4. The highest BCUT2D eigenvalue weighted by atomic mass is 35.5. The van der Waals surface area contributed by atoms with Crippen LogP contribution in [-0.2, 0) is 4.74 Å². The van der Waals surface area contributed by atoms with E-state index >= 15 is 8.78 Å². The number of urea groups is 1. The normalized spacial score (nSPS) is 17.0. The van der Waals surface area contributed by atoms with E-state index in [1.807, 2.05) is 0 Å². The maximum atomic E-state index is 15.5. The third-order valence-corrected chi connectivity index (χ3v) is 6.61. The minimum atomic E-state index is -0.944. The molecule has 0 radical (unpaired) electrons. The molecule has 5 rings (SSSR count). The molecular weight excluding hydrogens is 507 g/mol. The molecule has 2 aliphatic heterocycles. The summed E-state index contributed by atoms with van der Waals surface area (Å²) < 4.78 is 50.6. The summed E-state index contributed by atoms with van der Waals surface area (Å²) >= 11 is 6.23. The molecule has 2 aromatic carbocycles. The molecule has 37 heavy (non-hydrogen) atoms. The molecule has 1 fully saturated rings. The summed E-state index contributed by atoms with van der Waals surface area (Å²) in [4.78, 5) is 20.0. The monoisotopic (exact) mass is 531 g/mol. The predicted octanol–water partition coefficient (Wildman–Crippen LogP) is 5.71. The van der Waals surface area contributed by atoms with E-state index in [1.54, 1.807) is 19.1 Å². The Hall–Kier alpha value is -3.34. The zero-order chi connectivity index (χ0) is 26.1. The molecule has 1 saturated heterocycles. The van der Waals surface area contributed by atoms with Gasteiger partial charge >= 0.3 is 6.03 Å². The maximum Gasteiger partial charge on any atom is 0.334 e. The molecule has 194 valence electrons. The smallest absolute Gasteiger partial charge is 0.334 e. The van der Waals surface area contributed by atoms with E-state index in [2.05, 4.69) is 15.6 Å². The van der Waals surface area contributed by atoms with Crippen LogP contribution in [0.2, 0.25) is 5.02 Å². The number of ether oxygens (including phenoxy) is 1. The summed E-state index contributed by atoms with van der Waals surface area (Å²) in [7, 11) is 0. The van der Waals surface area contributed by atoms with Crippen LogP contribution in [-0.4, -0.2) is 49.9 Å². The lowest BCUT2D eigenvalue weighted by molar-refractivity contribution is 0.190. The Morgan fingerprint density at radius 2 is 1.89 bits per heavy atom. The van der Waals surface area contributed by atoms with Gasteiger partial charge in [-0.2, -0.15) is 0 Å². The lowest BCUT2D eigenvalue weighted by atomic mass is 10.0. The molecule has 1 aromatic heterocycles. The van der Waals surface area contributed by atoms with Crippen LogP contribution in [0.4, 0.5) is 40.8 Å². The first kappa shape index (κ1) is 25.3. The number of anilines is 4. The van der Waals surface area contributed by atoms with Crippen LogP contribution in [0.5, 0.6) is 0 Å². The van der Waals surface area contributed by atoms with Crippen molar-refractivity contribution in [1.82, 2.24) is 10.3 Å². The van der Waals surface area contributed by atoms with Crippen molar-refractivity contribution in [2.75, 3.05) is 48.0 Å². The molecule has 11 heteroatoms. The average molecular weight is 532 g/mol. The van der Waals surface area contributed by atoms with Crippen molar-refractivity contribution in [3.63, 3.8) is 0 Å². The average Bonchev–Trinajstić information content (AvgIpc) is 3.36. The molecule has 3 aromatic rings. The summed E-state index contributed by atoms with van der Waals surface area (Å²) in [6, 6.07) is 7.60. The zero-order valence-corrected chi connectivity index (χ0v) is 20.8. The molecule has 1 atom stereocenters. The fraction of sp³-hybridized carbons (Fsp3) is 0.308. The van der Waals surface area contributed by atoms with Gasteiger partial charge in [0.2, 0.25) is 0 Å². The predicted molar refractivity (Wildman–Crippen MR) is 137 cm³/mol. The van der Waals surface area contributed by atoms with Crippen molar-refractivity contribution in [2.45, 2.75) is 19.4 Å². The Kier molecular flexibility index (Phi) is 7.23. The number of amides is 2. The van der Waals surface area contributed by atoms with E-state index in [0.717, 1.165) is 36.3 Å². The fourth-order valence-electron chi connectivity index (χ4n) is 4.64. The number of hydrogen-bond acceptors (Lipinski definition) is 5. The molecule has 2 amide bonds. The van der Waals surface area contributed by atoms with Crippen molar-refractivity contribution in [2.24, 2.45) is 0 Å².